The fourth-order valence-electron chi connectivity index (χ4n) is 1.93. The topological polar surface area (TPSA) is 76.4 Å². The van der Waals surface area contributed by atoms with Gasteiger partial charge in [-0.05, 0) is 17.9 Å². The molecule has 0 aliphatic heterocycles. The molecule has 0 fully saturated rings. The molecule has 0 amide bonds. The van der Waals surface area contributed by atoms with Crippen LogP contribution >= 0.6 is 11.3 Å². The van der Waals surface area contributed by atoms with Gasteiger partial charge in [0.25, 0.3) is 5.56 Å². The van der Waals surface area contributed by atoms with Crippen molar-refractivity contribution in [3.8, 4) is 0 Å². The lowest BCUT2D eigenvalue weighted by atomic mass is 10.3. The van der Waals surface area contributed by atoms with E-state index in [-0.39, 0.29) is 12.1 Å². The van der Waals surface area contributed by atoms with Crippen molar-refractivity contribution >= 4 is 21.6 Å². The van der Waals surface area contributed by atoms with Crippen molar-refractivity contribution in [3.05, 3.63) is 27.6 Å². The van der Waals surface area contributed by atoms with E-state index in [9.17, 15) is 9.90 Å². The zero-order valence-electron chi connectivity index (χ0n) is 11.6. The minimum Gasteiger partial charge on any atom is -0.390 e. The first-order chi connectivity index (χ1) is 9.63. The van der Waals surface area contributed by atoms with Crippen LogP contribution in [0.3, 0.4) is 0 Å². The van der Waals surface area contributed by atoms with Gasteiger partial charge in [0.1, 0.15) is 4.70 Å². The largest absolute Gasteiger partial charge is 0.390 e. The maximum Gasteiger partial charge on any atom is 0.271 e. The summed E-state index contributed by atoms with van der Waals surface area (Å²) in [4.78, 5) is 16.5. The number of rotatable bonds is 7. The first kappa shape index (κ1) is 15.1. The Morgan fingerprint density at radius 2 is 2.40 bits per heavy atom. The van der Waals surface area contributed by atoms with Crippen molar-refractivity contribution in [1.29, 1.82) is 0 Å². The summed E-state index contributed by atoms with van der Waals surface area (Å²) in [5, 5.41) is 14.9. The van der Waals surface area contributed by atoms with Crippen LogP contribution in [0.25, 0.3) is 10.2 Å². The third kappa shape index (κ3) is 3.43. The summed E-state index contributed by atoms with van der Waals surface area (Å²) in [5.74, 6) is 0. The number of aliphatic hydroxyl groups excluding tert-OH is 1. The normalized spacial score (nSPS) is 12.9. The Kier molecular flexibility index (Phi) is 5.24. The molecular formula is C13H19N3O3S. The highest BCUT2D eigenvalue weighted by atomic mass is 32.1. The van der Waals surface area contributed by atoms with Crippen LogP contribution in [0.4, 0.5) is 0 Å². The Hall–Kier alpha value is -1.28. The smallest absolute Gasteiger partial charge is 0.271 e. The number of nitrogens with zero attached hydrogens (tertiary/aromatic N) is 2. The fraction of sp³-hybridized carbons (Fsp3) is 0.538. The maximum atomic E-state index is 12.2. The molecule has 6 nitrogen and oxygen atoms in total. The van der Waals surface area contributed by atoms with Gasteiger partial charge in [-0.2, -0.15) is 0 Å². The minimum atomic E-state index is -0.634. The molecule has 7 heteroatoms. The Balaban J connectivity index is 2.02. The number of aromatic nitrogens is 2. The molecule has 0 saturated heterocycles. The van der Waals surface area contributed by atoms with E-state index in [4.69, 9.17) is 4.74 Å². The molecule has 2 aromatic heterocycles. The second-order valence-corrected chi connectivity index (χ2v) is 5.53. The summed E-state index contributed by atoms with van der Waals surface area (Å²) in [6.07, 6.45) is 0.868. The van der Waals surface area contributed by atoms with Gasteiger partial charge in [0.05, 0.1) is 31.1 Å². The molecule has 2 aromatic rings. The number of hydrogen-bond donors (Lipinski definition) is 2. The summed E-state index contributed by atoms with van der Waals surface area (Å²) in [6, 6.07) is 0. The van der Waals surface area contributed by atoms with Crippen molar-refractivity contribution in [2.24, 2.45) is 0 Å². The van der Waals surface area contributed by atoms with E-state index in [1.807, 2.05) is 12.3 Å². The van der Waals surface area contributed by atoms with Crippen LogP contribution < -0.4 is 10.9 Å². The van der Waals surface area contributed by atoms with Gasteiger partial charge in [0, 0.05) is 20.2 Å². The second-order valence-electron chi connectivity index (χ2n) is 4.65. The standard InChI is InChI=1S/C13H19N3O3S/c1-9-7-20-12-11(9)15-8-16(13(12)18)6-10(17)5-14-3-4-19-2/h7-8,10,14,17H,3-6H2,1-2H3. The van der Waals surface area contributed by atoms with Crippen LogP contribution in [-0.2, 0) is 11.3 Å². The third-order valence-corrected chi connectivity index (χ3v) is 4.07. The van der Waals surface area contributed by atoms with Crippen LogP contribution in [0.5, 0.6) is 0 Å². The highest BCUT2D eigenvalue weighted by molar-refractivity contribution is 7.17. The lowest BCUT2D eigenvalue weighted by molar-refractivity contribution is 0.142. The highest BCUT2D eigenvalue weighted by Gasteiger charge is 2.11. The number of aliphatic hydroxyl groups is 1. The third-order valence-electron chi connectivity index (χ3n) is 2.99. The van der Waals surface area contributed by atoms with Crippen molar-refractivity contribution in [2.75, 3.05) is 26.8 Å². The summed E-state index contributed by atoms with van der Waals surface area (Å²) in [5.41, 5.74) is 1.67. The van der Waals surface area contributed by atoms with E-state index in [1.165, 1.54) is 22.2 Å². The number of methoxy groups -OCH3 is 1. The molecule has 1 unspecified atom stereocenters. The molecule has 0 spiro atoms. The molecule has 1 atom stereocenters. The number of fused-ring (bicyclic) bond motifs is 1. The van der Waals surface area contributed by atoms with E-state index in [0.717, 1.165) is 11.1 Å². The Morgan fingerprint density at radius 3 is 3.15 bits per heavy atom. The zero-order chi connectivity index (χ0) is 14.5. The summed E-state index contributed by atoms with van der Waals surface area (Å²) >= 11 is 1.40. The first-order valence-corrected chi connectivity index (χ1v) is 7.32. The van der Waals surface area contributed by atoms with Gasteiger partial charge < -0.3 is 15.2 Å². The maximum absolute atomic E-state index is 12.2. The summed E-state index contributed by atoms with van der Waals surface area (Å²) < 4.78 is 7.01. The number of hydrogen-bond acceptors (Lipinski definition) is 6. The lowest BCUT2D eigenvalue weighted by Crippen LogP contribution is -2.35. The van der Waals surface area contributed by atoms with Gasteiger partial charge in [-0.25, -0.2) is 4.98 Å². The molecule has 0 bridgehead atoms. The second kappa shape index (κ2) is 6.94. The van der Waals surface area contributed by atoms with Gasteiger partial charge in [-0.1, -0.05) is 0 Å². The molecule has 0 saturated carbocycles. The molecule has 0 aliphatic rings. The number of aryl methyl sites for hydroxylation is 1. The van der Waals surface area contributed by atoms with Crippen molar-refractivity contribution in [3.63, 3.8) is 0 Å². The van der Waals surface area contributed by atoms with E-state index in [2.05, 4.69) is 10.3 Å². The van der Waals surface area contributed by atoms with Crippen LogP contribution in [0.1, 0.15) is 5.56 Å². The summed E-state index contributed by atoms with van der Waals surface area (Å²) in [7, 11) is 1.63. The molecule has 2 heterocycles. The van der Waals surface area contributed by atoms with E-state index < -0.39 is 6.10 Å². The fourth-order valence-corrected chi connectivity index (χ4v) is 2.87. The SMILES string of the molecule is COCCNCC(O)Cn1cnc2c(C)csc2c1=O. The molecular weight excluding hydrogens is 278 g/mol. The van der Waals surface area contributed by atoms with Crippen molar-refractivity contribution in [2.45, 2.75) is 19.6 Å². The molecule has 0 aromatic carbocycles. The van der Waals surface area contributed by atoms with Crippen LogP contribution in [0, 0.1) is 6.92 Å². The number of ether oxygens (including phenoxy) is 1. The van der Waals surface area contributed by atoms with E-state index >= 15 is 0 Å². The zero-order valence-corrected chi connectivity index (χ0v) is 12.4. The average Bonchev–Trinajstić information content (AvgIpc) is 2.80. The number of nitrogens with one attached hydrogen (secondary N) is 1. The first-order valence-electron chi connectivity index (χ1n) is 6.44. The molecule has 0 radical (unpaired) electrons. The van der Waals surface area contributed by atoms with Gasteiger partial charge >= 0.3 is 0 Å². The summed E-state index contributed by atoms with van der Waals surface area (Å²) in [6.45, 7) is 3.85. The predicted octanol–water partition coefficient (Wildman–Crippen LogP) is 0.363. The monoisotopic (exact) mass is 297 g/mol. The van der Waals surface area contributed by atoms with Gasteiger partial charge in [-0.3, -0.25) is 9.36 Å². The molecule has 110 valence electrons. The van der Waals surface area contributed by atoms with Gasteiger partial charge in [0.15, 0.2) is 0 Å². The van der Waals surface area contributed by atoms with Crippen molar-refractivity contribution < 1.29 is 9.84 Å². The Morgan fingerprint density at radius 1 is 1.60 bits per heavy atom. The quantitative estimate of drug-likeness (QED) is 0.722. The molecule has 2 rings (SSSR count). The molecule has 0 aliphatic carbocycles. The van der Waals surface area contributed by atoms with E-state index in [0.29, 0.717) is 24.4 Å². The van der Waals surface area contributed by atoms with Crippen LogP contribution in [0.15, 0.2) is 16.5 Å². The predicted molar refractivity (Wildman–Crippen MR) is 79.4 cm³/mol. The van der Waals surface area contributed by atoms with Gasteiger partial charge in [0.2, 0.25) is 0 Å². The lowest BCUT2D eigenvalue weighted by Gasteiger charge is -2.13. The number of thiophene rings is 1. The Bertz CT molecular complexity index is 623. The van der Waals surface area contributed by atoms with Crippen molar-refractivity contribution in [1.82, 2.24) is 14.9 Å². The average molecular weight is 297 g/mol. The Labute approximate surface area is 121 Å². The molecule has 20 heavy (non-hydrogen) atoms. The van der Waals surface area contributed by atoms with Crippen LogP contribution in [-0.4, -0.2) is 47.6 Å². The highest BCUT2D eigenvalue weighted by Crippen LogP contribution is 2.19. The van der Waals surface area contributed by atoms with E-state index in [1.54, 1.807) is 7.11 Å². The van der Waals surface area contributed by atoms with Crippen LogP contribution in [0.2, 0.25) is 0 Å². The molecule has 2 N–H and O–H groups in total. The van der Waals surface area contributed by atoms with Gasteiger partial charge in [-0.15, -0.1) is 11.3 Å². The minimum absolute atomic E-state index is 0.0935.